The molecule has 0 aliphatic heterocycles. The predicted molar refractivity (Wildman–Crippen MR) is 85.0 cm³/mol. The molecule has 21 heavy (non-hydrogen) atoms. The Hall–Kier alpha value is -1.54. The fraction of sp³-hybridized carbons (Fsp3) is 0.529. The minimum absolute atomic E-state index is 0.487. The molecule has 0 fully saturated rings. The van der Waals surface area contributed by atoms with E-state index in [1.165, 1.54) is 0 Å². The topological polar surface area (TPSA) is 36.9 Å². The first kappa shape index (κ1) is 19.5. The molecule has 0 unspecified atom stereocenters. The van der Waals surface area contributed by atoms with Crippen molar-refractivity contribution in [2.24, 2.45) is 0 Å². The molecule has 0 saturated carbocycles. The average molecular weight is 294 g/mol. The molecular weight excluding hydrogens is 268 g/mol. The number of ether oxygens (including phenoxy) is 4. The summed E-state index contributed by atoms with van der Waals surface area (Å²) in [5, 5.41) is 0. The Morgan fingerprint density at radius 1 is 1.05 bits per heavy atom. The number of hydrogen-bond donors (Lipinski definition) is 0. The van der Waals surface area contributed by atoms with E-state index in [4.69, 9.17) is 18.9 Å². The Balaban J connectivity index is 3.84. The van der Waals surface area contributed by atoms with Gasteiger partial charge in [0.2, 0.25) is 0 Å². The van der Waals surface area contributed by atoms with Gasteiger partial charge in [-0.3, -0.25) is 0 Å². The van der Waals surface area contributed by atoms with Crippen molar-refractivity contribution >= 4 is 0 Å². The zero-order valence-electron chi connectivity index (χ0n) is 13.3. The molecule has 0 aromatic carbocycles. The van der Waals surface area contributed by atoms with Gasteiger partial charge in [-0.05, 0) is 19.9 Å². The number of methoxy groups -OCH3 is 1. The Kier molecular flexibility index (Phi) is 13.8. The molecule has 0 rings (SSSR count). The van der Waals surface area contributed by atoms with Crippen molar-refractivity contribution in [3.05, 3.63) is 36.1 Å². The van der Waals surface area contributed by atoms with Crippen molar-refractivity contribution in [2.75, 3.05) is 46.8 Å². The molecule has 0 aliphatic rings. The molecule has 0 aliphatic carbocycles. The van der Waals surface area contributed by atoms with Crippen LogP contribution in [-0.4, -0.2) is 46.8 Å². The molecule has 118 valence electrons. The standard InChI is InChI=1S/C17H26O4/c1-5-7-9-17(8-6-2)16(3)21-15-14-20-13-12-19-11-10-18-4/h5,7,9H,1,10-15H2,2-4H3. The van der Waals surface area contributed by atoms with Crippen LogP contribution < -0.4 is 0 Å². The van der Waals surface area contributed by atoms with Gasteiger partial charge in [0, 0.05) is 7.11 Å². The normalized spacial score (nSPS) is 11.8. The van der Waals surface area contributed by atoms with Crippen LogP contribution >= 0.6 is 0 Å². The second-order valence-corrected chi connectivity index (χ2v) is 4.01. The van der Waals surface area contributed by atoms with Crippen molar-refractivity contribution in [2.45, 2.75) is 13.8 Å². The van der Waals surface area contributed by atoms with Crippen LogP contribution in [0.2, 0.25) is 0 Å². The highest BCUT2D eigenvalue weighted by molar-refractivity contribution is 5.40. The van der Waals surface area contributed by atoms with Crippen molar-refractivity contribution in [1.82, 2.24) is 0 Å². The van der Waals surface area contributed by atoms with Gasteiger partial charge < -0.3 is 18.9 Å². The average Bonchev–Trinajstić information content (AvgIpc) is 2.49. The maximum atomic E-state index is 5.60. The third-order valence-corrected chi connectivity index (χ3v) is 2.39. The van der Waals surface area contributed by atoms with Gasteiger partial charge >= 0.3 is 0 Å². The highest BCUT2D eigenvalue weighted by atomic mass is 16.6. The smallest absolute Gasteiger partial charge is 0.111 e. The molecule has 0 radical (unpaired) electrons. The van der Waals surface area contributed by atoms with Gasteiger partial charge in [0.05, 0.1) is 38.6 Å². The SMILES string of the molecule is C=CC=CC(C#CC)=C(C)OCCOCCOCCOC. The molecule has 0 aromatic heterocycles. The van der Waals surface area contributed by atoms with Crippen LogP contribution in [0.25, 0.3) is 0 Å². The van der Waals surface area contributed by atoms with Crippen molar-refractivity contribution in [3.8, 4) is 11.8 Å². The lowest BCUT2D eigenvalue weighted by molar-refractivity contribution is 0.0121. The van der Waals surface area contributed by atoms with Crippen LogP contribution in [0, 0.1) is 11.8 Å². The summed E-state index contributed by atoms with van der Waals surface area (Å²) in [6.07, 6.45) is 5.42. The number of rotatable bonds is 12. The van der Waals surface area contributed by atoms with Crippen LogP contribution in [0.5, 0.6) is 0 Å². The molecule has 0 atom stereocenters. The Labute approximate surface area is 128 Å². The van der Waals surface area contributed by atoms with E-state index >= 15 is 0 Å². The maximum absolute atomic E-state index is 5.60. The summed E-state index contributed by atoms with van der Waals surface area (Å²) in [6.45, 7) is 10.6. The Morgan fingerprint density at radius 2 is 1.67 bits per heavy atom. The van der Waals surface area contributed by atoms with Gasteiger partial charge in [0.1, 0.15) is 12.4 Å². The van der Waals surface area contributed by atoms with Crippen LogP contribution in [0.15, 0.2) is 36.1 Å². The van der Waals surface area contributed by atoms with Gasteiger partial charge in [0.15, 0.2) is 0 Å². The first-order valence-electron chi connectivity index (χ1n) is 6.96. The summed E-state index contributed by atoms with van der Waals surface area (Å²) in [7, 11) is 1.65. The van der Waals surface area contributed by atoms with Crippen molar-refractivity contribution < 1.29 is 18.9 Å². The molecule has 0 N–H and O–H groups in total. The van der Waals surface area contributed by atoms with Crippen LogP contribution in [0.3, 0.4) is 0 Å². The van der Waals surface area contributed by atoms with Gasteiger partial charge in [-0.1, -0.05) is 24.7 Å². The summed E-state index contributed by atoms with van der Waals surface area (Å²) < 4.78 is 21.2. The van der Waals surface area contributed by atoms with Gasteiger partial charge in [-0.2, -0.15) is 0 Å². The summed E-state index contributed by atoms with van der Waals surface area (Å²) in [6, 6.07) is 0. The molecule has 0 amide bonds. The van der Waals surface area contributed by atoms with Gasteiger partial charge in [-0.15, -0.1) is 5.92 Å². The molecule has 0 saturated heterocycles. The first-order valence-corrected chi connectivity index (χ1v) is 6.96. The van der Waals surface area contributed by atoms with Gasteiger partial charge in [-0.25, -0.2) is 0 Å². The lowest BCUT2D eigenvalue weighted by Crippen LogP contribution is -2.11. The second-order valence-electron chi connectivity index (χ2n) is 4.01. The largest absolute Gasteiger partial charge is 0.495 e. The highest BCUT2D eigenvalue weighted by Crippen LogP contribution is 2.06. The van der Waals surface area contributed by atoms with Crippen molar-refractivity contribution in [1.29, 1.82) is 0 Å². The third-order valence-electron chi connectivity index (χ3n) is 2.39. The summed E-state index contributed by atoms with van der Waals surface area (Å²) >= 11 is 0. The molecule has 4 nitrogen and oxygen atoms in total. The first-order chi connectivity index (χ1) is 10.3. The van der Waals surface area contributed by atoms with Crippen LogP contribution in [0.1, 0.15) is 13.8 Å². The quantitative estimate of drug-likeness (QED) is 0.240. The summed E-state index contributed by atoms with van der Waals surface area (Å²) in [5.74, 6) is 6.64. The van der Waals surface area contributed by atoms with E-state index in [1.54, 1.807) is 20.1 Å². The zero-order valence-corrected chi connectivity index (χ0v) is 13.3. The zero-order chi connectivity index (χ0) is 15.8. The number of hydrogen-bond acceptors (Lipinski definition) is 4. The molecule has 4 heteroatoms. The van der Waals surface area contributed by atoms with E-state index in [9.17, 15) is 0 Å². The number of allylic oxidation sites excluding steroid dienone is 5. The second kappa shape index (κ2) is 14.9. The lowest BCUT2D eigenvalue weighted by atomic mass is 10.2. The predicted octanol–water partition coefficient (Wildman–Crippen LogP) is 2.72. The monoisotopic (exact) mass is 294 g/mol. The van der Waals surface area contributed by atoms with Crippen LogP contribution in [-0.2, 0) is 18.9 Å². The molecular formula is C17H26O4. The van der Waals surface area contributed by atoms with E-state index in [-0.39, 0.29) is 0 Å². The lowest BCUT2D eigenvalue weighted by Gasteiger charge is -2.09. The van der Waals surface area contributed by atoms with E-state index < -0.39 is 0 Å². The van der Waals surface area contributed by atoms with E-state index in [1.807, 2.05) is 19.1 Å². The summed E-state index contributed by atoms with van der Waals surface area (Å²) in [4.78, 5) is 0. The van der Waals surface area contributed by atoms with E-state index in [0.29, 0.717) is 39.6 Å². The fourth-order valence-electron chi connectivity index (χ4n) is 1.34. The van der Waals surface area contributed by atoms with Crippen LogP contribution in [0.4, 0.5) is 0 Å². The van der Waals surface area contributed by atoms with E-state index in [2.05, 4.69) is 18.4 Å². The molecule has 0 bridgehead atoms. The molecule has 0 spiro atoms. The Morgan fingerprint density at radius 3 is 2.24 bits per heavy atom. The molecule has 0 aromatic rings. The highest BCUT2D eigenvalue weighted by Gasteiger charge is 1.98. The van der Waals surface area contributed by atoms with E-state index in [0.717, 1.165) is 11.3 Å². The maximum Gasteiger partial charge on any atom is 0.111 e. The third kappa shape index (κ3) is 11.9. The molecule has 0 heterocycles. The minimum atomic E-state index is 0.487. The summed E-state index contributed by atoms with van der Waals surface area (Å²) in [5.41, 5.74) is 0.847. The Bertz CT molecular complexity index is 385. The fourth-order valence-corrected chi connectivity index (χ4v) is 1.34. The van der Waals surface area contributed by atoms with Gasteiger partial charge in [0.25, 0.3) is 0 Å². The van der Waals surface area contributed by atoms with Crippen molar-refractivity contribution in [3.63, 3.8) is 0 Å². The minimum Gasteiger partial charge on any atom is -0.495 e.